The molecule has 0 aromatic heterocycles. The Balaban J connectivity index is 2.47. The molecule has 0 spiro atoms. The largest absolute Gasteiger partial charge is 0.466 e. The van der Waals surface area contributed by atoms with E-state index in [0.29, 0.717) is 12.8 Å². The van der Waals surface area contributed by atoms with Crippen LogP contribution in [-0.2, 0) is 9.53 Å². The molecule has 4 heteroatoms. The molecule has 0 radical (unpaired) electrons. The van der Waals surface area contributed by atoms with E-state index in [2.05, 4.69) is 0 Å². The summed E-state index contributed by atoms with van der Waals surface area (Å²) in [5, 5.41) is 0. The monoisotopic (exact) mass is 192 g/mol. The Morgan fingerprint density at radius 3 is 2.85 bits per heavy atom. The van der Waals surface area contributed by atoms with Crippen LogP contribution >= 0.6 is 0 Å². The number of carbonyl (C=O) groups excluding carboxylic acids is 1. The van der Waals surface area contributed by atoms with E-state index in [-0.39, 0.29) is 19.4 Å². The average Bonchev–Trinajstić information content (AvgIpc) is 2.03. The van der Waals surface area contributed by atoms with Crippen molar-refractivity contribution in [3.05, 3.63) is 0 Å². The van der Waals surface area contributed by atoms with E-state index in [4.69, 9.17) is 4.74 Å². The summed E-state index contributed by atoms with van der Waals surface area (Å²) in [6.45, 7) is 1.94. The van der Waals surface area contributed by atoms with Crippen LogP contribution in [0.15, 0.2) is 0 Å². The zero-order valence-corrected chi connectivity index (χ0v) is 7.69. The van der Waals surface area contributed by atoms with E-state index in [1.165, 1.54) is 0 Å². The number of carbonyl (C=O) groups is 1. The molecule has 0 N–H and O–H groups in total. The van der Waals surface area contributed by atoms with Crippen LogP contribution in [0.25, 0.3) is 0 Å². The van der Waals surface area contributed by atoms with Gasteiger partial charge in [-0.15, -0.1) is 0 Å². The van der Waals surface area contributed by atoms with E-state index >= 15 is 0 Å². The molecular weight excluding hydrogens is 178 g/mol. The summed E-state index contributed by atoms with van der Waals surface area (Å²) in [4.78, 5) is 11.1. The highest BCUT2D eigenvalue weighted by atomic mass is 19.3. The molecule has 1 fully saturated rings. The van der Waals surface area contributed by atoms with Gasteiger partial charge in [0.1, 0.15) is 0 Å². The number of esters is 1. The van der Waals surface area contributed by atoms with E-state index in [1.807, 2.05) is 0 Å². The Morgan fingerprint density at radius 1 is 1.62 bits per heavy atom. The molecule has 13 heavy (non-hydrogen) atoms. The minimum Gasteiger partial charge on any atom is -0.466 e. The third kappa shape index (κ3) is 2.94. The predicted molar refractivity (Wildman–Crippen MR) is 43.5 cm³/mol. The molecule has 0 aromatic rings. The number of alkyl halides is 2. The van der Waals surface area contributed by atoms with Crippen molar-refractivity contribution >= 4 is 5.97 Å². The Bertz CT molecular complexity index is 192. The SMILES string of the molecule is CCOC(=O)[C@H]1CCCC(F)(F)C1. The van der Waals surface area contributed by atoms with Crippen LogP contribution in [0, 0.1) is 5.92 Å². The molecule has 1 aliphatic carbocycles. The molecule has 0 saturated heterocycles. The summed E-state index contributed by atoms with van der Waals surface area (Å²) in [5.74, 6) is -3.74. The van der Waals surface area contributed by atoms with Crippen molar-refractivity contribution in [1.82, 2.24) is 0 Å². The minimum absolute atomic E-state index is 0.0943. The summed E-state index contributed by atoms with van der Waals surface area (Å²) in [6, 6.07) is 0. The van der Waals surface area contributed by atoms with Gasteiger partial charge in [0, 0.05) is 12.8 Å². The van der Waals surface area contributed by atoms with E-state index in [1.54, 1.807) is 6.92 Å². The fraction of sp³-hybridized carbons (Fsp3) is 0.889. The van der Waals surface area contributed by atoms with Crippen LogP contribution in [0.4, 0.5) is 8.78 Å². The highest BCUT2D eigenvalue weighted by molar-refractivity contribution is 5.72. The van der Waals surface area contributed by atoms with Gasteiger partial charge in [-0.3, -0.25) is 4.79 Å². The topological polar surface area (TPSA) is 26.3 Å². The smallest absolute Gasteiger partial charge is 0.309 e. The second-order valence-corrected chi connectivity index (χ2v) is 3.40. The van der Waals surface area contributed by atoms with Crippen LogP contribution in [0.2, 0.25) is 0 Å². The summed E-state index contributed by atoms with van der Waals surface area (Å²) in [5.41, 5.74) is 0. The van der Waals surface area contributed by atoms with Gasteiger partial charge < -0.3 is 4.74 Å². The van der Waals surface area contributed by atoms with Gasteiger partial charge in [-0.2, -0.15) is 0 Å². The van der Waals surface area contributed by atoms with Crippen molar-refractivity contribution in [2.24, 2.45) is 5.92 Å². The molecule has 0 amide bonds. The van der Waals surface area contributed by atoms with Crippen molar-refractivity contribution < 1.29 is 18.3 Å². The molecular formula is C9H14F2O2. The second-order valence-electron chi connectivity index (χ2n) is 3.40. The van der Waals surface area contributed by atoms with Crippen molar-refractivity contribution in [2.45, 2.75) is 38.5 Å². The van der Waals surface area contributed by atoms with Crippen LogP contribution in [0.3, 0.4) is 0 Å². The van der Waals surface area contributed by atoms with Crippen molar-refractivity contribution in [3.8, 4) is 0 Å². The molecule has 0 heterocycles. The zero-order chi connectivity index (χ0) is 9.90. The molecule has 1 rings (SSSR count). The van der Waals surface area contributed by atoms with Crippen molar-refractivity contribution in [3.63, 3.8) is 0 Å². The quantitative estimate of drug-likeness (QED) is 0.628. The van der Waals surface area contributed by atoms with E-state index in [9.17, 15) is 13.6 Å². The Hall–Kier alpha value is -0.670. The van der Waals surface area contributed by atoms with Gasteiger partial charge in [0.05, 0.1) is 12.5 Å². The van der Waals surface area contributed by atoms with Crippen molar-refractivity contribution in [2.75, 3.05) is 6.61 Å². The lowest BCUT2D eigenvalue weighted by atomic mass is 9.87. The molecule has 1 saturated carbocycles. The number of rotatable bonds is 2. The van der Waals surface area contributed by atoms with E-state index in [0.717, 1.165) is 0 Å². The first-order valence-electron chi connectivity index (χ1n) is 4.59. The van der Waals surface area contributed by atoms with Crippen LogP contribution < -0.4 is 0 Å². The molecule has 76 valence electrons. The van der Waals surface area contributed by atoms with E-state index < -0.39 is 17.8 Å². The Kier molecular flexibility index (Phi) is 3.22. The minimum atomic E-state index is -2.67. The molecule has 2 nitrogen and oxygen atoms in total. The standard InChI is InChI=1S/C9H14F2O2/c1-2-13-8(12)7-4-3-5-9(10,11)6-7/h7H,2-6H2,1H3/t7-/m0/s1. The fourth-order valence-corrected chi connectivity index (χ4v) is 1.63. The average molecular weight is 192 g/mol. The van der Waals surface area contributed by atoms with Gasteiger partial charge in [0.15, 0.2) is 0 Å². The zero-order valence-electron chi connectivity index (χ0n) is 7.69. The predicted octanol–water partition coefficient (Wildman–Crippen LogP) is 2.38. The molecule has 1 atom stereocenters. The van der Waals surface area contributed by atoms with Crippen LogP contribution in [-0.4, -0.2) is 18.5 Å². The van der Waals surface area contributed by atoms with Gasteiger partial charge >= 0.3 is 5.97 Å². The first kappa shape index (κ1) is 10.4. The summed E-state index contributed by atoms with van der Waals surface area (Å²) in [6.07, 6.45) is 0.514. The lowest BCUT2D eigenvalue weighted by molar-refractivity contribution is -0.155. The first-order valence-corrected chi connectivity index (χ1v) is 4.59. The normalized spacial score (nSPS) is 26.8. The third-order valence-electron chi connectivity index (χ3n) is 2.26. The number of hydrogen-bond donors (Lipinski definition) is 0. The summed E-state index contributed by atoms with van der Waals surface area (Å²) in [7, 11) is 0. The molecule has 0 aromatic carbocycles. The number of ether oxygens (including phenoxy) is 1. The van der Waals surface area contributed by atoms with Crippen molar-refractivity contribution in [1.29, 1.82) is 0 Å². The molecule has 0 aliphatic heterocycles. The Labute approximate surface area is 76.3 Å². The lowest BCUT2D eigenvalue weighted by Gasteiger charge is -2.27. The summed E-state index contributed by atoms with van der Waals surface area (Å²) >= 11 is 0. The van der Waals surface area contributed by atoms with Gasteiger partial charge in [-0.05, 0) is 19.8 Å². The second kappa shape index (κ2) is 4.03. The molecule has 1 aliphatic rings. The maximum Gasteiger partial charge on any atom is 0.309 e. The Morgan fingerprint density at radius 2 is 2.31 bits per heavy atom. The molecule has 0 unspecified atom stereocenters. The highest BCUT2D eigenvalue weighted by Gasteiger charge is 2.39. The van der Waals surface area contributed by atoms with Gasteiger partial charge in [0.2, 0.25) is 5.92 Å². The highest BCUT2D eigenvalue weighted by Crippen LogP contribution is 2.36. The van der Waals surface area contributed by atoms with Gasteiger partial charge in [-0.25, -0.2) is 8.78 Å². The summed E-state index contributed by atoms with van der Waals surface area (Å²) < 4.78 is 30.4. The lowest BCUT2D eigenvalue weighted by Crippen LogP contribution is -2.31. The number of halogens is 2. The van der Waals surface area contributed by atoms with Crippen LogP contribution in [0.5, 0.6) is 0 Å². The van der Waals surface area contributed by atoms with Crippen LogP contribution in [0.1, 0.15) is 32.6 Å². The maximum absolute atomic E-state index is 12.8. The fourth-order valence-electron chi connectivity index (χ4n) is 1.63. The third-order valence-corrected chi connectivity index (χ3v) is 2.26. The molecule has 0 bridgehead atoms. The maximum atomic E-state index is 12.8. The number of hydrogen-bond acceptors (Lipinski definition) is 2. The van der Waals surface area contributed by atoms with Gasteiger partial charge in [-0.1, -0.05) is 0 Å². The van der Waals surface area contributed by atoms with Gasteiger partial charge in [0.25, 0.3) is 0 Å². The first-order chi connectivity index (χ1) is 6.05.